The Bertz CT molecular complexity index is 588. The van der Waals surface area contributed by atoms with E-state index in [0.717, 1.165) is 36.1 Å². The van der Waals surface area contributed by atoms with Crippen molar-refractivity contribution in [3.8, 4) is 0 Å². The first-order chi connectivity index (χ1) is 9.13. The van der Waals surface area contributed by atoms with Crippen LogP contribution in [0.4, 0.5) is 5.69 Å². The Morgan fingerprint density at radius 2 is 2.42 bits per heavy atom. The molecule has 0 bridgehead atoms. The molecular weight excluding hydrogens is 284 g/mol. The molecule has 0 aliphatic carbocycles. The highest BCUT2D eigenvalue weighted by atomic mass is 35.5. The Labute approximate surface area is 119 Å². The molecule has 1 fully saturated rings. The Hall–Kier alpha value is -0.950. The van der Waals surface area contributed by atoms with Crippen LogP contribution in [0.15, 0.2) is 18.3 Å². The fourth-order valence-corrected chi connectivity index (χ4v) is 3.44. The predicted molar refractivity (Wildman–Crippen MR) is 78.9 cm³/mol. The van der Waals surface area contributed by atoms with Crippen LogP contribution in [0.2, 0.25) is 5.02 Å². The van der Waals surface area contributed by atoms with Gasteiger partial charge in [0.25, 0.3) is 0 Å². The summed E-state index contributed by atoms with van der Waals surface area (Å²) in [7, 11) is 0. The summed E-state index contributed by atoms with van der Waals surface area (Å²) in [5, 5.41) is 8.78. The molecule has 1 aromatic carbocycles. The lowest BCUT2D eigenvalue weighted by Crippen LogP contribution is -2.36. The zero-order valence-corrected chi connectivity index (χ0v) is 12.1. The van der Waals surface area contributed by atoms with E-state index in [2.05, 4.69) is 19.8 Å². The lowest BCUT2D eigenvalue weighted by atomic mass is 10.2. The molecule has 5 nitrogen and oxygen atoms in total. The maximum absolute atomic E-state index is 11.2. The number of hydrogen-bond acceptors (Lipinski definition) is 4. The van der Waals surface area contributed by atoms with Gasteiger partial charge in [-0.3, -0.25) is 5.10 Å². The van der Waals surface area contributed by atoms with Crippen molar-refractivity contribution in [2.24, 2.45) is 0 Å². The third-order valence-electron chi connectivity index (χ3n) is 3.36. The minimum atomic E-state index is -0.972. The fourth-order valence-electron chi connectivity index (χ4n) is 2.57. The second kappa shape index (κ2) is 5.20. The second-order valence-corrected chi connectivity index (χ2v) is 6.34. The summed E-state index contributed by atoms with van der Waals surface area (Å²) in [6, 6.07) is 4.09. The van der Waals surface area contributed by atoms with Gasteiger partial charge < -0.3 is 9.45 Å². The van der Waals surface area contributed by atoms with Crippen LogP contribution in [-0.2, 0) is 11.4 Å². The number of halogens is 1. The molecule has 0 radical (unpaired) electrons. The zero-order chi connectivity index (χ0) is 13.4. The van der Waals surface area contributed by atoms with E-state index in [9.17, 15) is 4.55 Å². The molecule has 2 N–H and O–H groups in total. The number of nitrogens with one attached hydrogen (secondary N) is 2. The van der Waals surface area contributed by atoms with Gasteiger partial charge in [0.2, 0.25) is 0 Å². The van der Waals surface area contributed by atoms with Gasteiger partial charge in [0.05, 0.1) is 17.8 Å². The average molecular weight is 299 g/mol. The Morgan fingerprint density at radius 3 is 3.21 bits per heavy atom. The van der Waals surface area contributed by atoms with Crippen molar-refractivity contribution in [1.29, 1.82) is 0 Å². The molecule has 3 rings (SSSR count). The molecule has 1 aromatic heterocycles. The van der Waals surface area contributed by atoms with Crippen molar-refractivity contribution in [2.75, 3.05) is 24.2 Å². The summed E-state index contributed by atoms with van der Waals surface area (Å²) < 4.78 is 14.3. The number of benzene rings is 1. The number of anilines is 1. The quantitative estimate of drug-likeness (QED) is 0.846. The summed E-state index contributed by atoms with van der Waals surface area (Å²) in [6.07, 6.45) is 4.46. The molecule has 102 valence electrons. The zero-order valence-electron chi connectivity index (χ0n) is 10.5. The van der Waals surface area contributed by atoms with Crippen LogP contribution >= 0.6 is 11.6 Å². The van der Waals surface area contributed by atoms with Crippen LogP contribution in [-0.4, -0.2) is 40.1 Å². The van der Waals surface area contributed by atoms with Crippen molar-refractivity contribution in [3.05, 3.63) is 23.4 Å². The maximum Gasteiger partial charge on any atom is 0.115 e. The first-order valence-electron chi connectivity index (χ1n) is 6.10. The van der Waals surface area contributed by atoms with Crippen LogP contribution in [0, 0.1) is 0 Å². The van der Waals surface area contributed by atoms with Crippen LogP contribution in [0.1, 0.15) is 6.42 Å². The van der Waals surface area contributed by atoms with Crippen LogP contribution < -0.4 is 9.62 Å². The summed E-state index contributed by atoms with van der Waals surface area (Å²) in [4.78, 5) is 2.26. The maximum atomic E-state index is 11.2. The smallest absolute Gasteiger partial charge is 0.115 e. The highest BCUT2D eigenvalue weighted by molar-refractivity contribution is 7.88. The molecule has 0 saturated carbocycles. The molecular formula is C12H15ClN4OS. The summed E-state index contributed by atoms with van der Waals surface area (Å²) in [5.74, 6) is 0. The van der Waals surface area contributed by atoms with Crippen molar-refractivity contribution in [3.63, 3.8) is 0 Å². The standard InChI is InChI=1S/C12H15ClN4OS/c1-19(18)16-9-2-3-17(7-9)12-5-8(13)4-11-10(12)6-14-15-11/h4-6,9,16H,2-3,7H2,1H3,(H,14,15). The normalized spacial score (nSPS) is 21.2. The number of H-pyrrole nitrogens is 1. The Balaban J connectivity index is 1.87. The third kappa shape index (κ3) is 2.67. The Kier molecular flexibility index (Phi) is 3.58. The van der Waals surface area contributed by atoms with Gasteiger partial charge in [-0.1, -0.05) is 11.6 Å². The van der Waals surface area contributed by atoms with Gasteiger partial charge >= 0.3 is 0 Å². The molecule has 1 saturated heterocycles. The van der Waals surface area contributed by atoms with Crippen LogP contribution in [0.25, 0.3) is 10.9 Å². The fraction of sp³-hybridized carbons (Fsp3) is 0.417. The minimum absolute atomic E-state index is 0.256. The van der Waals surface area contributed by atoms with Crippen molar-refractivity contribution < 1.29 is 4.55 Å². The molecule has 2 atom stereocenters. The van der Waals surface area contributed by atoms with Gasteiger partial charge in [-0.25, -0.2) is 0 Å². The van der Waals surface area contributed by atoms with E-state index in [4.69, 9.17) is 11.6 Å². The van der Waals surface area contributed by atoms with E-state index in [1.165, 1.54) is 0 Å². The molecule has 0 spiro atoms. The van der Waals surface area contributed by atoms with Gasteiger partial charge in [0.15, 0.2) is 0 Å². The van der Waals surface area contributed by atoms with E-state index >= 15 is 0 Å². The summed E-state index contributed by atoms with van der Waals surface area (Å²) in [6.45, 7) is 1.76. The van der Waals surface area contributed by atoms with Gasteiger partial charge in [-0.2, -0.15) is 5.10 Å². The molecule has 0 amide bonds. The molecule has 1 aliphatic heterocycles. The van der Waals surface area contributed by atoms with Crippen molar-refractivity contribution in [1.82, 2.24) is 14.9 Å². The largest absolute Gasteiger partial charge is 0.598 e. The molecule has 2 heterocycles. The molecule has 2 aromatic rings. The number of hydrogen-bond donors (Lipinski definition) is 2. The Morgan fingerprint density at radius 1 is 1.58 bits per heavy atom. The number of fused-ring (bicyclic) bond motifs is 1. The highest BCUT2D eigenvalue weighted by Gasteiger charge is 2.26. The number of aromatic nitrogens is 2. The number of rotatable bonds is 3. The van der Waals surface area contributed by atoms with Gasteiger partial charge in [-0.05, 0) is 18.6 Å². The van der Waals surface area contributed by atoms with E-state index in [1.807, 2.05) is 18.3 Å². The highest BCUT2D eigenvalue weighted by Crippen LogP contribution is 2.31. The lowest BCUT2D eigenvalue weighted by Gasteiger charge is -2.20. The average Bonchev–Trinajstić information content (AvgIpc) is 2.95. The monoisotopic (exact) mass is 298 g/mol. The van der Waals surface area contributed by atoms with Gasteiger partial charge in [0.1, 0.15) is 6.26 Å². The van der Waals surface area contributed by atoms with Crippen LogP contribution in [0.5, 0.6) is 0 Å². The van der Waals surface area contributed by atoms with Crippen molar-refractivity contribution >= 4 is 39.6 Å². The van der Waals surface area contributed by atoms with E-state index in [1.54, 1.807) is 6.26 Å². The molecule has 1 aliphatic rings. The van der Waals surface area contributed by atoms with E-state index < -0.39 is 11.4 Å². The first-order valence-corrected chi connectivity index (χ1v) is 8.04. The topological polar surface area (TPSA) is 67.0 Å². The molecule has 2 unspecified atom stereocenters. The number of nitrogens with zero attached hydrogens (tertiary/aromatic N) is 2. The summed E-state index contributed by atoms with van der Waals surface area (Å²) in [5.41, 5.74) is 2.03. The van der Waals surface area contributed by atoms with Gasteiger partial charge in [-0.15, -0.1) is 4.72 Å². The summed E-state index contributed by atoms with van der Waals surface area (Å²) >= 11 is 5.17. The minimum Gasteiger partial charge on any atom is -0.598 e. The van der Waals surface area contributed by atoms with Crippen LogP contribution in [0.3, 0.4) is 0 Å². The van der Waals surface area contributed by atoms with Crippen molar-refractivity contribution in [2.45, 2.75) is 12.5 Å². The molecule has 7 heteroatoms. The first kappa shape index (κ1) is 13.1. The third-order valence-corrected chi connectivity index (χ3v) is 4.25. The second-order valence-electron chi connectivity index (χ2n) is 4.76. The van der Waals surface area contributed by atoms with E-state index in [0.29, 0.717) is 5.02 Å². The van der Waals surface area contributed by atoms with Gasteiger partial charge in [0, 0.05) is 40.5 Å². The molecule has 19 heavy (non-hydrogen) atoms. The van der Waals surface area contributed by atoms with E-state index in [-0.39, 0.29) is 6.04 Å². The SMILES string of the molecule is C[S+]([O-])NC1CCN(c2cc(Cl)cc3[nH]ncc23)C1. The number of aromatic amines is 1. The lowest BCUT2D eigenvalue weighted by molar-refractivity contribution is 0.566. The predicted octanol–water partition coefficient (Wildman–Crippen LogP) is 1.68.